The molecule has 0 spiro atoms. The number of methoxy groups -OCH3 is 2. The van der Waals surface area contributed by atoms with E-state index in [1.165, 1.54) is 9.13 Å². The lowest BCUT2D eigenvalue weighted by molar-refractivity contribution is -0.121. The van der Waals surface area contributed by atoms with Gasteiger partial charge in [-0.05, 0) is 42.8 Å². The average Bonchev–Trinajstić information content (AvgIpc) is 2.90. The Kier molecular flexibility index (Phi) is 7.53. The van der Waals surface area contributed by atoms with Gasteiger partial charge in [0.1, 0.15) is 11.5 Å². The number of amides is 1. The van der Waals surface area contributed by atoms with Crippen LogP contribution >= 0.6 is 0 Å². The van der Waals surface area contributed by atoms with E-state index in [1.807, 2.05) is 49.4 Å². The number of benzene rings is 3. The standard InChI is InChI=1S/C28H29N3O5/c1-19-8-10-20(11-9-19)18-31-24-7-5-4-6-23(24)30(27(33)28(31)34)15-14-26(32)29-17-21-16-22(35-2)12-13-25(21)36-3/h4-13,16H,14-15,17-18H2,1-3H3,(H,29,32). The number of nitrogens with zero attached hydrogens (tertiary/aromatic N) is 2. The molecule has 0 aliphatic rings. The fourth-order valence-corrected chi connectivity index (χ4v) is 4.14. The maximum Gasteiger partial charge on any atom is 0.317 e. The quantitative estimate of drug-likeness (QED) is 0.366. The van der Waals surface area contributed by atoms with Gasteiger partial charge in [-0.25, -0.2) is 0 Å². The van der Waals surface area contributed by atoms with Gasteiger partial charge in [0, 0.05) is 25.1 Å². The molecule has 0 saturated carbocycles. The summed E-state index contributed by atoms with van der Waals surface area (Å²) in [6, 6.07) is 20.5. The van der Waals surface area contributed by atoms with Crippen LogP contribution in [0.5, 0.6) is 11.5 Å². The average molecular weight is 488 g/mol. The van der Waals surface area contributed by atoms with Crippen molar-refractivity contribution in [1.82, 2.24) is 14.5 Å². The molecule has 4 rings (SSSR count). The Morgan fingerprint density at radius 1 is 0.861 bits per heavy atom. The first-order chi connectivity index (χ1) is 17.4. The number of para-hydroxylation sites is 2. The fourth-order valence-electron chi connectivity index (χ4n) is 4.14. The lowest BCUT2D eigenvalue weighted by Gasteiger charge is -2.15. The Bertz CT molecular complexity index is 1500. The Morgan fingerprint density at radius 3 is 2.19 bits per heavy atom. The highest BCUT2D eigenvalue weighted by Gasteiger charge is 2.15. The first-order valence-corrected chi connectivity index (χ1v) is 11.7. The molecule has 0 aliphatic carbocycles. The number of fused-ring (bicyclic) bond motifs is 1. The Hall–Kier alpha value is -4.33. The molecule has 0 aliphatic heterocycles. The van der Waals surface area contributed by atoms with Crippen molar-refractivity contribution in [1.29, 1.82) is 0 Å². The van der Waals surface area contributed by atoms with Gasteiger partial charge in [0.2, 0.25) is 5.91 Å². The molecule has 0 atom stereocenters. The number of carbonyl (C=O) groups excluding carboxylic acids is 1. The molecular formula is C28H29N3O5. The minimum Gasteiger partial charge on any atom is -0.497 e. The van der Waals surface area contributed by atoms with Crippen molar-refractivity contribution in [3.8, 4) is 11.5 Å². The molecule has 0 saturated heterocycles. The number of rotatable bonds is 9. The summed E-state index contributed by atoms with van der Waals surface area (Å²) in [4.78, 5) is 38.8. The predicted octanol–water partition coefficient (Wildman–Crippen LogP) is 3.24. The van der Waals surface area contributed by atoms with Gasteiger partial charge < -0.3 is 19.4 Å². The number of hydrogen-bond donors (Lipinski definition) is 1. The molecule has 0 radical (unpaired) electrons. The zero-order valence-electron chi connectivity index (χ0n) is 20.6. The van der Waals surface area contributed by atoms with Crippen LogP contribution in [0.25, 0.3) is 11.0 Å². The summed E-state index contributed by atoms with van der Waals surface area (Å²) >= 11 is 0. The Balaban J connectivity index is 1.54. The summed E-state index contributed by atoms with van der Waals surface area (Å²) in [6.07, 6.45) is 0.0393. The maximum atomic E-state index is 13.1. The highest BCUT2D eigenvalue weighted by atomic mass is 16.5. The van der Waals surface area contributed by atoms with Gasteiger partial charge in [-0.15, -0.1) is 0 Å². The smallest absolute Gasteiger partial charge is 0.317 e. The number of nitrogens with one attached hydrogen (secondary N) is 1. The summed E-state index contributed by atoms with van der Waals surface area (Å²) in [5.74, 6) is 1.04. The minimum absolute atomic E-state index is 0.0393. The minimum atomic E-state index is -0.650. The highest BCUT2D eigenvalue weighted by Crippen LogP contribution is 2.23. The summed E-state index contributed by atoms with van der Waals surface area (Å²) in [7, 11) is 3.13. The van der Waals surface area contributed by atoms with E-state index in [2.05, 4.69) is 5.32 Å². The van der Waals surface area contributed by atoms with Gasteiger partial charge in [-0.1, -0.05) is 42.0 Å². The van der Waals surface area contributed by atoms with E-state index in [-0.39, 0.29) is 25.4 Å². The summed E-state index contributed by atoms with van der Waals surface area (Å²) in [6.45, 7) is 2.61. The molecule has 1 amide bonds. The molecule has 0 bridgehead atoms. The molecule has 4 aromatic rings. The largest absolute Gasteiger partial charge is 0.497 e. The van der Waals surface area contributed by atoms with Crippen LogP contribution in [0.4, 0.5) is 0 Å². The SMILES string of the molecule is COc1ccc(OC)c(CNC(=O)CCn2c(=O)c(=O)n(Cc3ccc(C)cc3)c3ccccc32)c1. The van der Waals surface area contributed by atoms with Crippen LogP contribution < -0.4 is 25.9 Å². The number of aromatic nitrogens is 2. The predicted molar refractivity (Wildman–Crippen MR) is 139 cm³/mol. The summed E-state index contributed by atoms with van der Waals surface area (Å²) in [5.41, 5.74) is 2.80. The number of aryl methyl sites for hydroxylation is 2. The summed E-state index contributed by atoms with van der Waals surface area (Å²) < 4.78 is 13.5. The first-order valence-electron chi connectivity index (χ1n) is 11.7. The fraction of sp³-hybridized carbons (Fsp3) is 0.250. The highest BCUT2D eigenvalue weighted by molar-refractivity contribution is 5.77. The Morgan fingerprint density at radius 2 is 1.53 bits per heavy atom. The van der Waals surface area contributed by atoms with Crippen molar-refractivity contribution < 1.29 is 14.3 Å². The molecular weight excluding hydrogens is 458 g/mol. The van der Waals surface area contributed by atoms with E-state index in [9.17, 15) is 14.4 Å². The third-order valence-electron chi connectivity index (χ3n) is 6.12. The second-order valence-electron chi connectivity index (χ2n) is 8.53. The number of carbonyl (C=O) groups is 1. The molecule has 8 heteroatoms. The van der Waals surface area contributed by atoms with Gasteiger partial charge in [0.15, 0.2) is 0 Å². The lowest BCUT2D eigenvalue weighted by atomic mass is 10.1. The van der Waals surface area contributed by atoms with Crippen molar-refractivity contribution in [3.05, 3.63) is 104 Å². The number of hydrogen-bond acceptors (Lipinski definition) is 5. The van der Waals surface area contributed by atoms with Crippen LogP contribution in [0.3, 0.4) is 0 Å². The van der Waals surface area contributed by atoms with Gasteiger partial charge in [0.05, 0.1) is 31.8 Å². The first kappa shape index (κ1) is 24.8. The van der Waals surface area contributed by atoms with E-state index in [1.54, 1.807) is 38.5 Å². The van der Waals surface area contributed by atoms with E-state index in [0.29, 0.717) is 29.1 Å². The molecule has 0 unspecified atom stereocenters. The lowest BCUT2D eigenvalue weighted by Crippen LogP contribution is -2.42. The Labute approximate surface area is 208 Å². The van der Waals surface area contributed by atoms with Gasteiger partial charge in [0.25, 0.3) is 0 Å². The van der Waals surface area contributed by atoms with Crippen LogP contribution in [0.15, 0.2) is 76.3 Å². The molecule has 3 aromatic carbocycles. The molecule has 1 heterocycles. The normalized spacial score (nSPS) is 10.9. The molecule has 36 heavy (non-hydrogen) atoms. The zero-order chi connectivity index (χ0) is 25.7. The third kappa shape index (κ3) is 5.33. The van der Waals surface area contributed by atoms with Crippen molar-refractivity contribution in [3.63, 3.8) is 0 Å². The molecule has 1 N–H and O–H groups in total. The van der Waals surface area contributed by atoms with Gasteiger partial charge in [-0.2, -0.15) is 0 Å². The van der Waals surface area contributed by atoms with Crippen molar-refractivity contribution >= 4 is 16.9 Å². The maximum absolute atomic E-state index is 13.1. The second kappa shape index (κ2) is 10.9. The van der Waals surface area contributed by atoms with Crippen LogP contribution in [-0.4, -0.2) is 29.3 Å². The van der Waals surface area contributed by atoms with Gasteiger partial charge >= 0.3 is 11.1 Å². The topological polar surface area (TPSA) is 91.6 Å². The third-order valence-corrected chi connectivity index (χ3v) is 6.12. The van der Waals surface area contributed by atoms with Crippen LogP contribution in [0.1, 0.15) is 23.1 Å². The second-order valence-corrected chi connectivity index (χ2v) is 8.53. The van der Waals surface area contributed by atoms with E-state index in [0.717, 1.165) is 16.7 Å². The number of ether oxygens (including phenoxy) is 2. The van der Waals surface area contributed by atoms with Gasteiger partial charge in [-0.3, -0.25) is 19.0 Å². The van der Waals surface area contributed by atoms with Crippen LogP contribution in [0.2, 0.25) is 0 Å². The van der Waals surface area contributed by atoms with Crippen LogP contribution in [-0.2, 0) is 24.4 Å². The summed E-state index contributed by atoms with van der Waals surface area (Å²) in [5, 5.41) is 2.85. The molecule has 0 fully saturated rings. The zero-order valence-corrected chi connectivity index (χ0v) is 20.6. The molecule has 1 aromatic heterocycles. The molecule has 186 valence electrons. The van der Waals surface area contributed by atoms with E-state index in [4.69, 9.17) is 9.47 Å². The van der Waals surface area contributed by atoms with E-state index < -0.39 is 11.1 Å². The van der Waals surface area contributed by atoms with Crippen LogP contribution in [0, 0.1) is 6.92 Å². The molecule has 8 nitrogen and oxygen atoms in total. The monoisotopic (exact) mass is 487 g/mol. The van der Waals surface area contributed by atoms with Crippen molar-refractivity contribution in [2.75, 3.05) is 14.2 Å². The van der Waals surface area contributed by atoms with E-state index >= 15 is 0 Å². The van der Waals surface area contributed by atoms with Crippen molar-refractivity contribution in [2.24, 2.45) is 0 Å². The van der Waals surface area contributed by atoms with Crippen molar-refractivity contribution in [2.45, 2.75) is 33.0 Å².